The molecule has 0 radical (unpaired) electrons. The lowest BCUT2D eigenvalue weighted by molar-refractivity contribution is -0.142. The van der Waals surface area contributed by atoms with Crippen LogP contribution in [0.2, 0.25) is 0 Å². The van der Waals surface area contributed by atoms with Gasteiger partial charge in [-0.15, -0.1) is 0 Å². The Bertz CT molecular complexity index is 1090. The lowest BCUT2D eigenvalue weighted by Crippen LogP contribution is -2.30. The van der Waals surface area contributed by atoms with E-state index in [1.54, 1.807) is 24.8 Å². The molecule has 0 aliphatic carbocycles. The summed E-state index contributed by atoms with van der Waals surface area (Å²) in [5.74, 6) is -0.384. The SMILES string of the molecule is CCc1cc(C(=O)N2CCCC2c2cc3nc(C(C)C)cc(C(F)(F)F)n3n2)on1. The number of rotatable bonds is 4. The van der Waals surface area contributed by atoms with Crippen molar-refractivity contribution in [2.24, 2.45) is 0 Å². The molecular formula is C20H22F3N5O2. The summed E-state index contributed by atoms with van der Waals surface area (Å²) in [7, 11) is 0. The fraction of sp³-hybridized carbons (Fsp3) is 0.500. The number of hydrogen-bond acceptors (Lipinski definition) is 5. The van der Waals surface area contributed by atoms with Crippen molar-refractivity contribution in [3.05, 3.63) is 46.7 Å². The Kier molecular flexibility index (Phi) is 5.03. The first-order valence-corrected chi connectivity index (χ1v) is 9.93. The highest BCUT2D eigenvalue weighted by Crippen LogP contribution is 2.35. The molecule has 1 atom stereocenters. The van der Waals surface area contributed by atoms with Gasteiger partial charge in [-0.05, 0) is 31.2 Å². The molecule has 160 valence electrons. The van der Waals surface area contributed by atoms with Gasteiger partial charge in [0.25, 0.3) is 5.91 Å². The largest absolute Gasteiger partial charge is 0.433 e. The summed E-state index contributed by atoms with van der Waals surface area (Å²) in [4.78, 5) is 18.8. The summed E-state index contributed by atoms with van der Waals surface area (Å²) in [6, 6.07) is 3.72. The molecule has 0 bridgehead atoms. The molecule has 1 aliphatic heterocycles. The highest BCUT2D eigenvalue weighted by Gasteiger charge is 2.38. The molecule has 0 saturated carbocycles. The maximum Gasteiger partial charge on any atom is 0.433 e. The smallest absolute Gasteiger partial charge is 0.351 e. The van der Waals surface area contributed by atoms with Crippen molar-refractivity contribution in [2.75, 3.05) is 6.54 Å². The van der Waals surface area contributed by atoms with Crippen molar-refractivity contribution in [3.8, 4) is 0 Å². The Balaban J connectivity index is 1.74. The minimum absolute atomic E-state index is 0.121. The van der Waals surface area contributed by atoms with Crippen LogP contribution < -0.4 is 0 Å². The summed E-state index contributed by atoms with van der Waals surface area (Å²) in [6.45, 7) is 5.94. The second-order valence-corrected chi connectivity index (χ2v) is 7.75. The molecule has 0 aromatic carbocycles. The van der Waals surface area contributed by atoms with Gasteiger partial charge in [0.1, 0.15) is 5.69 Å². The van der Waals surface area contributed by atoms with E-state index >= 15 is 0 Å². The third kappa shape index (κ3) is 3.54. The van der Waals surface area contributed by atoms with E-state index in [1.165, 1.54) is 6.07 Å². The Morgan fingerprint density at radius 3 is 2.70 bits per heavy atom. The molecule has 7 nitrogen and oxygen atoms in total. The second-order valence-electron chi connectivity index (χ2n) is 7.75. The first-order chi connectivity index (χ1) is 14.2. The third-order valence-corrected chi connectivity index (χ3v) is 5.33. The molecule has 1 aliphatic rings. The number of carbonyl (C=O) groups is 1. The van der Waals surface area contributed by atoms with Gasteiger partial charge in [-0.2, -0.15) is 18.3 Å². The van der Waals surface area contributed by atoms with Crippen molar-refractivity contribution in [2.45, 2.75) is 58.2 Å². The maximum absolute atomic E-state index is 13.6. The van der Waals surface area contributed by atoms with Crippen LogP contribution in [0.1, 0.15) is 78.9 Å². The van der Waals surface area contributed by atoms with Gasteiger partial charge in [0.05, 0.1) is 17.4 Å². The van der Waals surface area contributed by atoms with Gasteiger partial charge in [-0.25, -0.2) is 9.50 Å². The first kappa shape index (κ1) is 20.4. The lowest BCUT2D eigenvalue weighted by atomic mass is 10.1. The van der Waals surface area contributed by atoms with E-state index in [2.05, 4.69) is 15.2 Å². The van der Waals surface area contributed by atoms with Crippen molar-refractivity contribution in [1.82, 2.24) is 24.7 Å². The molecule has 3 aromatic rings. The van der Waals surface area contributed by atoms with Crippen molar-refractivity contribution < 1.29 is 22.5 Å². The molecule has 3 aromatic heterocycles. The van der Waals surface area contributed by atoms with Gasteiger partial charge in [0, 0.05) is 24.4 Å². The maximum atomic E-state index is 13.6. The highest BCUT2D eigenvalue weighted by molar-refractivity contribution is 5.92. The minimum Gasteiger partial charge on any atom is -0.351 e. The number of fused-ring (bicyclic) bond motifs is 1. The zero-order valence-electron chi connectivity index (χ0n) is 16.9. The minimum atomic E-state index is -4.57. The normalized spacial score (nSPS) is 17.4. The average molecular weight is 421 g/mol. The van der Waals surface area contributed by atoms with Crippen LogP contribution in [0.3, 0.4) is 0 Å². The van der Waals surface area contributed by atoms with Crippen LogP contribution in [-0.2, 0) is 12.6 Å². The summed E-state index contributed by atoms with van der Waals surface area (Å²) in [6.07, 6.45) is -2.62. The molecule has 30 heavy (non-hydrogen) atoms. The molecule has 1 fully saturated rings. The van der Waals surface area contributed by atoms with E-state index in [0.717, 1.165) is 17.0 Å². The zero-order chi connectivity index (χ0) is 21.6. The van der Waals surface area contributed by atoms with Gasteiger partial charge in [0.15, 0.2) is 5.65 Å². The first-order valence-electron chi connectivity index (χ1n) is 9.93. The van der Waals surface area contributed by atoms with E-state index in [9.17, 15) is 18.0 Å². The van der Waals surface area contributed by atoms with E-state index in [0.29, 0.717) is 36.5 Å². The predicted octanol–water partition coefficient (Wildman–Crippen LogP) is 4.40. The van der Waals surface area contributed by atoms with E-state index in [4.69, 9.17) is 4.52 Å². The van der Waals surface area contributed by atoms with Crippen LogP contribution in [-0.4, -0.2) is 37.1 Å². The van der Waals surface area contributed by atoms with E-state index < -0.39 is 17.9 Å². The molecule has 10 heteroatoms. The summed E-state index contributed by atoms with van der Waals surface area (Å²) < 4.78 is 46.9. The van der Waals surface area contributed by atoms with Crippen molar-refractivity contribution >= 4 is 11.6 Å². The van der Waals surface area contributed by atoms with Gasteiger partial charge >= 0.3 is 6.18 Å². The molecule has 4 heterocycles. The Morgan fingerprint density at radius 1 is 1.30 bits per heavy atom. The Morgan fingerprint density at radius 2 is 2.07 bits per heavy atom. The number of carbonyl (C=O) groups excluding carboxylic acids is 1. The molecule has 4 rings (SSSR count). The van der Waals surface area contributed by atoms with Crippen molar-refractivity contribution in [1.29, 1.82) is 0 Å². The topological polar surface area (TPSA) is 76.5 Å². The average Bonchev–Trinajstić information content (AvgIpc) is 3.43. The monoisotopic (exact) mass is 421 g/mol. The highest BCUT2D eigenvalue weighted by atomic mass is 19.4. The van der Waals surface area contributed by atoms with Gasteiger partial charge < -0.3 is 9.42 Å². The van der Waals surface area contributed by atoms with Crippen molar-refractivity contribution in [3.63, 3.8) is 0 Å². The summed E-state index contributed by atoms with van der Waals surface area (Å²) in [5, 5.41) is 8.05. The fourth-order valence-corrected chi connectivity index (χ4v) is 3.71. The van der Waals surface area contributed by atoms with Crippen LogP contribution in [0.5, 0.6) is 0 Å². The molecule has 0 spiro atoms. The number of nitrogens with zero attached hydrogens (tertiary/aromatic N) is 5. The molecular weight excluding hydrogens is 399 g/mol. The quantitative estimate of drug-likeness (QED) is 0.624. The zero-order valence-corrected chi connectivity index (χ0v) is 16.9. The number of aryl methyl sites for hydroxylation is 1. The van der Waals surface area contributed by atoms with Crippen LogP contribution in [0.25, 0.3) is 5.65 Å². The predicted molar refractivity (Wildman–Crippen MR) is 101 cm³/mol. The number of hydrogen-bond donors (Lipinski definition) is 0. The Hall–Kier alpha value is -2.91. The lowest BCUT2D eigenvalue weighted by Gasteiger charge is -2.21. The van der Waals surface area contributed by atoms with E-state index in [1.807, 2.05) is 6.92 Å². The van der Waals surface area contributed by atoms with Gasteiger partial charge in [0.2, 0.25) is 5.76 Å². The van der Waals surface area contributed by atoms with Gasteiger partial charge in [-0.3, -0.25) is 4.79 Å². The third-order valence-electron chi connectivity index (χ3n) is 5.33. The van der Waals surface area contributed by atoms with Gasteiger partial charge in [-0.1, -0.05) is 25.9 Å². The van der Waals surface area contributed by atoms with Crippen LogP contribution in [0, 0.1) is 0 Å². The summed E-state index contributed by atoms with van der Waals surface area (Å²) >= 11 is 0. The molecule has 1 saturated heterocycles. The number of aromatic nitrogens is 4. The number of halogens is 3. The second kappa shape index (κ2) is 7.41. The van der Waals surface area contributed by atoms with Crippen LogP contribution >= 0.6 is 0 Å². The number of likely N-dealkylation sites (tertiary alicyclic amines) is 1. The number of amides is 1. The molecule has 1 unspecified atom stereocenters. The Labute approximate surface area is 170 Å². The molecule has 1 amide bonds. The summed E-state index contributed by atoms with van der Waals surface area (Å²) in [5.41, 5.74) is 0.642. The van der Waals surface area contributed by atoms with Crippen LogP contribution in [0.15, 0.2) is 22.7 Å². The standard InChI is InChI=1S/C20H22F3N5O2/c1-4-12-8-16(30-26-12)19(29)27-7-5-6-15(27)14-10-18-24-13(11(2)3)9-17(20(21,22)23)28(18)25-14/h8-11,15H,4-7H2,1-3H3. The van der Waals surface area contributed by atoms with E-state index in [-0.39, 0.29) is 23.2 Å². The number of alkyl halides is 3. The van der Waals surface area contributed by atoms with Crippen LogP contribution in [0.4, 0.5) is 13.2 Å². The molecule has 0 N–H and O–H groups in total. The fourth-order valence-electron chi connectivity index (χ4n) is 3.71.